The molecule has 186 valence electrons. The predicted molar refractivity (Wildman–Crippen MR) is 127 cm³/mol. The van der Waals surface area contributed by atoms with Gasteiger partial charge in [0.05, 0.1) is 5.56 Å². The molecule has 0 aliphatic carbocycles. The Bertz CT molecular complexity index is 1180. The van der Waals surface area contributed by atoms with E-state index in [-0.39, 0.29) is 18.2 Å². The second-order valence-electron chi connectivity index (χ2n) is 8.14. The minimum atomic E-state index is -5.00. The number of para-hydroxylation sites is 1. The zero-order valence-corrected chi connectivity index (χ0v) is 19.9. The van der Waals surface area contributed by atoms with Crippen LogP contribution in [0.25, 0.3) is 0 Å². The van der Waals surface area contributed by atoms with Crippen molar-refractivity contribution in [3.05, 3.63) is 87.9 Å². The van der Waals surface area contributed by atoms with E-state index in [1.807, 2.05) is 0 Å². The number of halogens is 4. The quantitative estimate of drug-likeness (QED) is 0.320. The number of hydrogen-bond acceptors (Lipinski definition) is 5. The van der Waals surface area contributed by atoms with Crippen molar-refractivity contribution in [3.8, 4) is 17.2 Å². The van der Waals surface area contributed by atoms with Crippen LogP contribution in [0.15, 0.2) is 60.7 Å². The maximum absolute atomic E-state index is 14.0. The molecule has 3 aromatic rings. The molecule has 3 rings (SSSR count). The lowest BCUT2D eigenvalue weighted by Gasteiger charge is -2.24. The van der Waals surface area contributed by atoms with Crippen LogP contribution in [0, 0.1) is 5.92 Å². The standard InChI is InChI=1S/C26H25ClF3NO4/c1-15(2)24(32)19-10-11-21(23(25(19)33)26(28,29)30)35-22(14-34-17-6-4-3-5-7-17)18-9-8-16(13-31)12-20(18)27/h3-12,15,22,33H,13-14,31H2,1-2H3. The number of Topliss-reactive ketones (excluding diaryl/α,β-unsaturated/α-hetero) is 1. The third-order valence-corrected chi connectivity index (χ3v) is 5.60. The number of phenolic OH excluding ortho intramolecular Hbond substituents is 1. The molecule has 0 radical (unpaired) electrons. The molecular formula is C26H25ClF3NO4. The number of alkyl halides is 3. The van der Waals surface area contributed by atoms with Gasteiger partial charge in [-0.1, -0.05) is 55.8 Å². The SMILES string of the molecule is CC(C)C(=O)c1ccc(OC(COc2ccccc2)c2ccc(CN)cc2Cl)c(C(F)(F)F)c1O. The number of hydrogen-bond donors (Lipinski definition) is 2. The Morgan fingerprint density at radius 3 is 2.34 bits per heavy atom. The van der Waals surface area contributed by atoms with E-state index in [9.17, 15) is 23.1 Å². The summed E-state index contributed by atoms with van der Waals surface area (Å²) in [5, 5.41) is 10.7. The average molecular weight is 508 g/mol. The fourth-order valence-electron chi connectivity index (χ4n) is 3.44. The van der Waals surface area contributed by atoms with Crippen LogP contribution in [-0.2, 0) is 12.7 Å². The summed E-state index contributed by atoms with van der Waals surface area (Å²) in [5.74, 6) is -2.59. The van der Waals surface area contributed by atoms with Crippen molar-refractivity contribution in [2.24, 2.45) is 11.7 Å². The molecule has 0 saturated heterocycles. The molecule has 0 amide bonds. The lowest BCUT2D eigenvalue weighted by atomic mass is 9.97. The molecule has 35 heavy (non-hydrogen) atoms. The van der Waals surface area contributed by atoms with Crippen LogP contribution in [0.1, 0.15) is 47.0 Å². The van der Waals surface area contributed by atoms with Crippen molar-refractivity contribution in [1.82, 2.24) is 0 Å². The summed E-state index contributed by atoms with van der Waals surface area (Å²) < 4.78 is 53.6. The number of aromatic hydroxyl groups is 1. The van der Waals surface area contributed by atoms with Crippen LogP contribution in [0.2, 0.25) is 5.02 Å². The highest BCUT2D eigenvalue weighted by Gasteiger charge is 2.40. The molecule has 1 unspecified atom stereocenters. The van der Waals surface area contributed by atoms with Gasteiger partial charge in [-0.3, -0.25) is 4.79 Å². The Morgan fingerprint density at radius 2 is 1.77 bits per heavy atom. The number of ether oxygens (including phenoxy) is 2. The highest BCUT2D eigenvalue weighted by Crippen LogP contribution is 2.45. The summed E-state index contributed by atoms with van der Waals surface area (Å²) >= 11 is 6.41. The van der Waals surface area contributed by atoms with E-state index in [0.29, 0.717) is 11.3 Å². The summed E-state index contributed by atoms with van der Waals surface area (Å²) in [7, 11) is 0. The molecule has 1 atom stereocenters. The first-order valence-electron chi connectivity index (χ1n) is 10.8. The Kier molecular flexibility index (Phi) is 8.30. The first-order valence-corrected chi connectivity index (χ1v) is 11.2. The smallest absolute Gasteiger partial charge is 0.423 e. The molecule has 0 aromatic heterocycles. The van der Waals surface area contributed by atoms with Crippen molar-refractivity contribution in [2.45, 2.75) is 32.7 Å². The molecular weight excluding hydrogens is 483 g/mol. The number of rotatable bonds is 9. The lowest BCUT2D eigenvalue weighted by molar-refractivity contribution is -0.140. The van der Waals surface area contributed by atoms with E-state index in [0.717, 1.165) is 17.7 Å². The number of ketones is 1. The number of carbonyl (C=O) groups excluding carboxylic acids is 1. The third-order valence-electron chi connectivity index (χ3n) is 5.27. The Hall–Kier alpha value is -3.23. The van der Waals surface area contributed by atoms with Crippen LogP contribution in [0.4, 0.5) is 13.2 Å². The lowest BCUT2D eigenvalue weighted by Crippen LogP contribution is -2.20. The Labute approximate surface area is 206 Å². The topological polar surface area (TPSA) is 81.8 Å². The number of nitrogens with two attached hydrogens (primary N) is 1. The van der Waals surface area contributed by atoms with E-state index in [1.165, 1.54) is 13.8 Å². The Balaban J connectivity index is 2.06. The van der Waals surface area contributed by atoms with Gasteiger partial charge in [0.1, 0.15) is 29.4 Å². The van der Waals surface area contributed by atoms with Crippen molar-refractivity contribution in [2.75, 3.05) is 6.61 Å². The second kappa shape index (κ2) is 11.0. The van der Waals surface area contributed by atoms with E-state index in [1.54, 1.807) is 48.5 Å². The number of phenols is 1. The molecule has 0 saturated carbocycles. The second-order valence-corrected chi connectivity index (χ2v) is 8.55. The minimum Gasteiger partial charge on any atom is -0.506 e. The van der Waals surface area contributed by atoms with E-state index in [4.69, 9.17) is 26.8 Å². The van der Waals surface area contributed by atoms with Gasteiger partial charge in [0, 0.05) is 23.0 Å². The van der Waals surface area contributed by atoms with Gasteiger partial charge in [-0.25, -0.2) is 0 Å². The monoisotopic (exact) mass is 507 g/mol. The minimum absolute atomic E-state index is 0.184. The van der Waals surface area contributed by atoms with Crippen molar-refractivity contribution >= 4 is 17.4 Å². The molecule has 3 N–H and O–H groups in total. The molecule has 0 fully saturated rings. The summed E-state index contributed by atoms with van der Waals surface area (Å²) in [6.45, 7) is 3.10. The zero-order valence-electron chi connectivity index (χ0n) is 19.1. The van der Waals surface area contributed by atoms with Gasteiger partial charge < -0.3 is 20.3 Å². The van der Waals surface area contributed by atoms with E-state index in [2.05, 4.69) is 0 Å². The van der Waals surface area contributed by atoms with Crippen molar-refractivity contribution < 1.29 is 32.5 Å². The van der Waals surface area contributed by atoms with E-state index >= 15 is 0 Å². The molecule has 0 aliphatic rings. The van der Waals surface area contributed by atoms with Crippen LogP contribution in [0.5, 0.6) is 17.2 Å². The van der Waals surface area contributed by atoms with Gasteiger partial charge in [0.2, 0.25) is 0 Å². The highest BCUT2D eigenvalue weighted by molar-refractivity contribution is 6.31. The van der Waals surface area contributed by atoms with E-state index < -0.39 is 46.6 Å². The average Bonchev–Trinajstić information content (AvgIpc) is 2.81. The molecule has 0 bridgehead atoms. The first kappa shape index (κ1) is 26.4. The normalized spacial score (nSPS) is 12.5. The molecule has 9 heteroatoms. The summed E-state index contributed by atoms with van der Waals surface area (Å²) in [6.07, 6.45) is -6.08. The largest absolute Gasteiger partial charge is 0.506 e. The van der Waals surface area contributed by atoms with Gasteiger partial charge in [-0.05, 0) is 35.9 Å². The summed E-state index contributed by atoms with van der Waals surface area (Å²) in [4.78, 5) is 12.3. The predicted octanol–water partition coefficient (Wildman–Crippen LogP) is 6.56. The maximum Gasteiger partial charge on any atom is 0.423 e. The summed E-state index contributed by atoms with van der Waals surface area (Å²) in [5.41, 5.74) is 4.88. The van der Waals surface area contributed by atoms with Crippen LogP contribution >= 0.6 is 11.6 Å². The van der Waals surface area contributed by atoms with Gasteiger partial charge in [0.25, 0.3) is 0 Å². The molecule has 5 nitrogen and oxygen atoms in total. The van der Waals surface area contributed by atoms with Gasteiger partial charge in [-0.15, -0.1) is 0 Å². The summed E-state index contributed by atoms with van der Waals surface area (Å²) in [6, 6.07) is 15.7. The van der Waals surface area contributed by atoms with Crippen LogP contribution < -0.4 is 15.2 Å². The van der Waals surface area contributed by atoms with Gasteiger partial charge in [-0.2, -0.15) is 13.2 Å². The zero-order chi connectivity index (χ0) is 25.8. The Morgan fingerprint density at radius 1 is 1.09 bits per heavy atom. The van der Waals surface area contributed by atoms with Crippen LogP contribution in [-0.4, -0.2) is 17.5 Å². The molecule has 0 spiro atoms. The molecule has 3 aromatic carbocycles. The molecule has 0 aliphatic heterocycles. The maximum atomic E-state index is 14.0. The highest BCUT2D eigenvalue weighted by atomic mass is 35.5. The fourth-order valence-corrected chi connectivity index (χ4v) is 3.77. The third kappa shape index (κ3) is 6.26. The van der Waals surface area contributed by atoms with Gasteiger partial charge >= 0.3 is 6.18 Å². The number of carbonyl (C=O) groups is 1. The fraction of sp³-hybridized carbons (Fsp3) is 0.269. The molecule has 0 heterocycles. The first-order chi connectivity index (χ1) is 16.5. The van der Waals surface area contributed by atoms with Crippen molar-refractivity contribution in [3.63, 3.8) is 0 Å². The van der Waals surface area contributed by atoms with Crippen molar-refractivity contribution in [1.29, 1.82) is 0 Å². The van der Waals surface area contributed by atoms with Crippen LogP contribution in [0.3, 0.4) is 0 Å². The van der Waals surface area contributed by atoms with Gasteiger partial charge in [0.15, 0.2) is 11.9 Å². The number of benzene rings is 3.